The summed E-state index contributed by atoms with van der Waals surface area (Å²) in [4.78, 5) is 20.8. The van der Waals surface area contributed by atoms with Crippen LogP contribution in [0, 0.1) is 0 Å². The third-order valence-corrected chi connectivity index (χ3v) is 6.18. The summed E-state index contributed by atoms with van der Waals surface area (Å²) in [5.41, 5.74) is 3.07. The van der Waals surface area contributed by atoms with Crippen LogP contribution in [0.15, 0.2) is 72.1 Å². The van der Waals surface area contributed by atoms with Gasteiger partial charge in [-0.15, -0.1) is 11.3 Å². The lowest BCUT2D eigenvalue weighted by atomic mass is 10.2. The molecule has 0 aliphatic heterocycles. The van der Waals surface area contributed by atoms with Crippen LogP contribution < -0.4 is 5.32 Å². The average Bonchev–Trinajstić information content (AvgIpc) is 3.40. The Balaban J connectivity index is 1.47. The van der Waals surface area contributed by atoms with Crippen LogP contribution in [0.1, 0.15) is 23.2 Å². The first kappa shape index (κ1) is 20.3. The van der Waals surface area contributed by atoms with Crippen molar-refractivity contribution in [2.75, 3.05) is 20.6 Å². The minimum atomic E-state index is 0.0464. The zero-order valence-electron chi connectivity index (χ0n) is 17.3. The van der Waals surface area contributed by atoms with E-state index in [0.29, 0.717) is 19.4 Å². The number of likely N-dealkylation sites (N-methyl/N-ethyl adjacent to an activating group) is 1. The molecule has 0 aliphatic rings. The van der Waals surface area contributed by atoms with E-state index in [1.54, 1.807) is 11.3 Å². The lowest BCUT2D eigenvalue weighted by molar-refractivity contribution is -0.121. The van der Waals surface area contributed by atoms with Crippen LogP contribution in [0.25, 0.3) is 16.7 Å². The highest BCUT2D eigenvalue weighted by Crippen LogP contribution is 2.23. The predicted octanol–water partition coefficient (Wildman–Crippen LogP) is 4.44. The smallest absolute Gasteiger partial charge is 0.220 e. The van der Waals surface area contributed by atoms with E-state index in [1.165, 1.54) is 4.88 Å². The second kappa shape index (κ2) is 9.24. The summed E-state index contributed by atoms with van der Waals surface area (Å²) >= 11 is 1.72. The van der Waals surface area contributed by atoms with E-state index in [9.17, 15) is 4.79 Å². The Morgan fingerprint density at radius 3 is 2.57 bits per heavy atom. The standard InChI is InChI=1S/C24H26N4OS/c1-27(2)21(22-13-8-16-30-22)17-25-24(29)15-14-23-26-19-11-6-7-12-20(19)28(23)18-9-4-3-5-10-18/h3-13,16,21H,14-15,17H2,1-2H3,(H,25,29). The molecule has 0 saturated heterocycles. The molecule has 2 aromatic heterocycles. The molecule has 0 saturated carbocycles. The molecule has 1 atom stereocenters. The van der Waals surface area contributed by atoms with E-state index in [1.807, 2.05) is 56.6 Å². The van der Waals surface area contributed by atoms with E-state index in [2.05, 4.69) is 44.4 Å². The largest absolute Gasteiger partial charge is 0.354 e. The molecule has 0 bridgehead atoms. The maximum Gasteiger partial charge on any atom is 0.220 e. The number of carbonyl (C=O) groups is 1. The molecular weight excluding hydrogens is 392 g/mol. The maximum atomic E-state index is 12.6. The highest BCUT2D eigenvalue weighted by Gasteiger charge is 2.17. The van der Waals surface area contributed by atoms with Crippen LogP contribution in [0.5, 0.6) is 0 Å². The number of benzene rings is 2. The molecule has 4 aromatic rings. The minimum absolute atomic E-state index is 0.0464. The van der Waals surface area contributed by atoms with Gasteiger partial charge in [-0.25, -0.2) is 4.98 Å². The van der Waals surface area contributed by atoms with Gasteiger partial charge in [0.25, 0.3) is 0 Å². The predicted molar refractivity (Wildman–Crippen MR) is 123 cm³/mol. The van der Waals surface area contributed by atoms with Crippen LogP contribution in [0.2, 0.25) is 0 Å². The Labute approximate surface area is 181 Å². The van der Waals surface area contributed by atoms with Crippen molar-refractivity contribution in [2.24, 2.45) is 0 Å². The fourth-order valence-electron chi connectivity index (χ4n) is 3.65. The molecule has 1 amide bonds. The first-order valence-electron chi connectivity index (χ1n) is 10.1. The molecule has 0 radical (unpaired) electrons. The van der Waals surface area contributed by atoms with Crippen molar-refractivity contribution in [3.05, 3.63) is 82.8 Å². The number of imidazole rings is 1. The molecule has 2 aromatic carbocycles. The van der Waals surface area contributed by atoms with E-state index in [4.69, 9.17) is 4.98 Å². The van der Waals surface area contributed by atoms with Crippen LogP contribution in [0.3, 0.4) is 0 Å². The molecule has 6 heteroatoms. The number of fused-ring (bicyclic) bond motifs is 1. The zero-order chi connectivity index (χ0) is 20.9. The summed E-state index contributed by atoms with van der Waals surface area (Å²) in [6.07, 6.45) is 0.988. The molecule has 154 valence electrons. The minimum Gasteiger partial charge on any atom is -0.354 e. The molecule has 4 rings (SSSR count). The van der Waals surface area contributed by atoms with Gasteiger partial charge in [0.15, 0.2) is 0 Å². The van der Waals surface area contributed by atoms with Crippen LogP contribution >= 0.6 is 11.3 Å². The van der Waals surface area contributed by atoms with E-state index in [0.717, 1.165) is 22.5 Å². The topological polar surface area (TPSA) is 50.2 Å². The van der Waals surface area contributed by atoms with Crippen LogP contribution in [-0.4, -0.2) is 41.0 Å². The van der Waals surface area contributed by atoms with Gasteiger partial charge in [-0.2, -0.15) is 0 Å². The number of hydrogen-bond donors (Lipinski definition) is 1. The van der Waals surface area contributed by atoms with Crippen LogP contribution in [-0.2, 0) is 11.2 Å². The maximum absolute atomic E-state index is 12.6. The van der Waals surface area contributed by atoms with Crippen molar-refractivity contribution < 1.29 is 4.79 Å². The number of rotatable bonds is 8. The van der Waals surface area contributed by atoms with Gasteiger partial charge in [-0.05, 0) is 49.8 Å². The number of amides is 1. The van der Waals surface area contributed by atoms with Crippen molar-refractivity contribution in [3.8, 4) is 5.69 Å². The molecule has 30 heavy (non-hydrogen) atoms. The van der Waals surface area contributed by atoms with E-state index < -0.39 is 0 Å². The zero-order valence-corrected chi connectivity index (χ0v) is 18.1. The van der Waals surface area contributed by atoms with Gasteiger partial charge in [0, 0.05) is 30.0 Å². The van der Waals surface area contributed by atoms with E-state index >= 15 is 0 Å². The fraction of sp³-hybridized carbons (Fsp3) is 0.250. The van der Waals surface area contributed by atoms with E-state index in [-0.39, 0.29) is 11.9 Å². The number of hydrogen-bond acceptors (Lipinski definition) is 4. The molecular formula is C24H26N4OS. The number of aromatic nitrogens is 2. The quantitative estimate of drug-likeness (QED) is 0.460. The van der Waals surface area contributed by atoms with Gasteiger partial charge in [-0.3, -0.25) is 9.36 Å². The highest BCUT2D eigenvalue weighted by atomic mass is 32.1. The molecule has 2 heterocycles. The number of aryl methyl sites for hydroxylation is 1. The number of carbonyl (C=O) groups excluding carboxylic acids is 1. The molecule has 0 aliphatic carbocycles. The van der Waals surface area contributed by atoms with Crippen molar-refractivity contribution in [1.82, 2.24) is 19.8 Å². The summed E-state index contributed by atoms with van der Waals surface area (Å²) in [5, 5.41) is 5.18. The van der Waals surface area contributed by atoms with Gasteiger partial charge in [0.1, 0.15) is 5.82 Å². The average molecular weight is 419 g/mol. The molecule has 1 unspecified atom stereocenters. The summed E-state index contributed by atoms with van der Waals surface area (Å²) in [5.74, 6) is 0.949. The van der Waals surface area contributed by atoms with Gasteiger partial charge in [0.05, 0.1) is 17.1 Å². The number of para-hydroxylation sites is 3. The van der Waals surface area contributed by atoms with Crippen molar-refractivity contribution >= 4 is 28.3 Å². The molecule has 0 fully saturated rings. The summed E-state index contributed by atoms with van der Waals surface area (Å²) in [6.45, 7) is 0.599. The second-order valence-electron chi connectivity index (χ2n) is 7.49. The Morgan fingerprint density at radius 1 is 1.07 bits per heavy atom. The SMILES string of the molecule is CN(C)C(CNC(=O)CCc1nc2ccccc2n1-c1ccccc1)c1cccs1. The highest BCUT2D eigenvalue weighted by molar-refractivity contribution is 7.10. The molecule has 1 N–H and O–H groups in total. The Kier molecular flexibility index (Phi) is 6.26. The van der Waals surface area contributed by atoms with Gasteiger partial charge < -0.3 is 10.2 Å². The molecule has 0 spiro atoms. The Morgan fingerprint density at radius 2 is 1.83 bits per heavy atom. The third kappa shape index (κ3) is 4.45. The monoisotopic (exact) mass is 418 g/mol. The van der Waals surface area contributed by atoms with Crippen molar-refractivity contribution in [3.63, 3.8) is 0 Å². The number of nitrogens with zero attached hydrogens (tertiary/aromatic N) is 3. The summed E-state index contributed by atoms with van der Waals surface area (Å²) in [6, 6.07) is 22.6. The number of nitrogens with one attached hydrogen (secondary N) is 1. The van der Waals surface area contributed by atoms with Gasteiger partial charge in [0.2, 0.25) is 5.91 Å². The van der Waals surface area contributed by atoms with Crippen molar-refractivity contribution in [2.45, 2.75) is 18.9 Å². The fourth-order valence-corrected chi connectivity index (χ4v) is 4.57. The van der Waals surface area contributed by atoms with Crippen molar-refractivity contribution in [1.29, 1.82) is 0 Å². The Hall–Kier alpha value is -2.96. The lowest BCUT2D eigenvalue weighted by Crippen LogP contribution is -2.34. The first-order chi connectivity index (χ1) is 14.6. The normalized spacial score (nSPS) is 12.4. The van der Waals surface area contributed by atoms with Gasteiger partial charge >= 0.3 is 0 Å². The summed E-state index contributed by atoms with van der Waals surface area (Å²) < 4.78 is 2.15. The molecule has 5 nitrogen and oxygen atoms in total. The van der Waals surface area contributed by atoms with Gasteiger partial charge in [-0.1, -0.05) is 36.4 Å². The third-order valence-electron chi connectivity index (χ3n) is 5.21. The number of thiophene rings is 1. The summed E-state index contributed by atoms with van der Waals surface area (Å²) in [7, 11) is 4.08. The lowest BCUT2D eigenvalue weighted by Gasteiger charge is -2.23. The second-order valence-corrected chi connectivity index (χ2v) is 8.47. The first-order valence-corrected chi connectivity index (χ1v) is 11.0. The Bertz CT molecular complexity index is 1100. The van der Waals surface area contributed by atoms with Crippen LogP contribution in [0.4, 0.5) is 0 Å².